The smallest absolute Gasteiger partial charge is 0.162 e. The van der Waals surface area contributed by atoms with Crippen molar-refractivity contribution in [3.05, 3.63) is 88.4 Å². The standard InChI is InChI=1S/C24H23ClN2O3/c1-29-18-6-3-5-16(13-18)24-26-20(15-9-11-17(25)12-10-15)14-21(27-24)19-7-4-8-22(30-2)23(19)28/h3-13,21,24,27-28H,14H2,1-2H3/t21-,24-/m0/s1. The zero-order valence-corrected chi connectivity index (χ0v) is 17.6. The van der Waals surface area contributed by atoms with Gasteiger partial charge in [-0.15, -0.1) is 0 Å². The number of phenolic OH excluding ortho intramolecular Hbond substituents is 1. The summed E-state index contributed by atoms with van der Waals surface area (Å²) in [5.41, 5.74) is 3.68. The minimum absolute atomic E-state index is 0.138. The van der Waals surface area contributed by atoms with Crippen molar-refractivity contribution >= 4 is 17.3 Å². The van der Waals surface area contributed by atoms with Crippen LogP contribution in [0.4, 0.5) is 0 Å². The van der Waals surface area contributed by atoms with Crippen molar-refractivity contribution in [2.45, 2.75) is 18.6 Å². The summed E-state index contributed by atoms with van der Waals surface area (Å²) in [6, 6.07) is 20.9. The summed E-state index contributed by atoms with van der Waals surface area (Å²) in [5.74, 6) is 1.35. The van der Waals surface area contributed by atoms with Crippen molar-refractivity contribution in [3.8, 4) is 17.2 Å². The summed E-state index contributed by atoms with van der Waals surface area (Å²) in [6.07, 6.45) is 0.318. The molecule has 0 radical (unpaired) electrons. The van der Waals surface area contributed by atoms with Gasteiger partial charge in [0, 0.05) is 28.8 Å². The predicted molar refractivity (Wildman–Crippen MR) is 119 cm³/mol. The molecular formula is C24H23ClN2O3. The Balaban J connectivity index is 1.77. The van der Waals surface area contributed by atoms with Crippen LogP contribution in [-0.2, 0) is 0 Å². The Morgan fingerprint density at radius 1 is 1.00 bits per heavy atom. The van der Waals surface area contributed by atoms with E-state index in [0.717, 1.165) is 28.2 Å². The van der Waals surface area contributed by atoms with Crippen molar-refractivity contribution in [3.63, 3.8) is 0 Å². The van der Waals surface area contributed by atoms with Gasteiger partial charge in [0.05, 0.1) is 14.2 Å². The van der Waals surface area contributed by atoms with Gasteiger partial charge in [0.1, 0.15) is 11.9 Å². The third kappa shape index (κ3) is 4.13. The molecule has 2 atom stereocenters. The van der Waals surface area contributed by atoms with E-state index in [1.165, 1.54) is 0 Å². The summed E-state index contributed by atoms with van der Waals surface area (Å²) < 4.78 is 10.7. The first-order chi connectivity index (χ1) is 14.6. The zero-order valence-electron chi connectivity index (χ0n) is 16.8. The highest BCUT2D eigenvalue weighted by Crippen LogP contribution is 2.39. The monoisotopic (exact) mass is 422 g/mol. The van der Waals surface area contributed by atoms with Gasteiger partial charge in [0.2, 0.25) is 0 Å². The molecular weight excluding hydrogens is 400 g/mol. The molecule has 6 heteroatoms. The molecule has 0 saturated carbocycles. The normalized spacial score (nSPS) is 18.6. The van der Waals surface area contributed by atoms with Crippen LogP contribution in [0.25, 0.3) is 0 Å². The highest BCUT2D eigenvalue weighted by atomic mass is 35.5. The van der Waals surface area contributed by atoms with E-state index in [9.17, 15) is 5.11 Å². The van der Waals surface area contributed by atoms with Crippen LogP contribution in [0.15, 0.2) is 71.7 Å². The van der Waals surface area contributed by atoms with Gasteiger partial charge in [-0.1, -0.05) is 48.0 Å². The third-order valence-electron chi connectivity index (χ3n) is 5.25. The first-order valence-corrected chi connectivity index (χ1v) is 10.1. The van der Waals surface area contributed by atoms with E-state index in [0.29, 0.717) is 17.2 Å². The molecule has 1 heterocycles. The molecule has 0 aromatic heterocycles. The molecule has 154 valence electrons. The van der Waals surface area contributed by atoms with E-state index in [1.807, 2.05) is 60.7 Å². The number of nitrogens with zero attached hydrogens (tertiary/aromatic N) is 1. The van der Waals surface area contributed by atoms with Crippen LogP contribution in [0.5, 0.6) is 17.2 Å². The second-order valence-corrected chi connectivity index (χ2v) is 7.52. The number of phenols is 1. The number of ether oxygens (including phenoxy) is 2. The molecule has 0 amide bonds. The molecule has 0 fully saturated rings. The number of nitrogens with one attached hydrogen (secondary N) is 1. The second kappa shape index (κ2) is 8.78. The van der Waals surface area contributed by atoms with Crippen LogP contribution in [0.1, 0.15) is 35.3 Å². The summed E-state index contributed by atoms with van der Waals surface area (Å²) in [6.45, 7) is 0. The van der Waals surface area contributed by atoms with E-state index in [2.05, 4.69) is 5.32 Å². The lowest BCUT2D eigenvalue weighted by atomic mass is 9.93. The van der Waals surface area contributed by atoms with Gasteiger partial charge in [-0.05, 0) is 41.5 Å². The summed E-state index contributed by atoms with van der Waals surface area (Å²) in [5, 5.41) is 15.0. The molecule has 3 aromatic carbocycles. The molecule has 30 heavy (non-hydrogen) atoms. The molecule has 0 bridgehead atoms. The number of para-hydroxylation sites is 1. The number of benzene rings is 3. The van der Waals surface area contributed by atoms with Crippen molar-refractivity contribution in [1.29, 1.82) is 0 Å². The maximum atomic E-state index is 10.7. The molecule has 1 aliphatic heterocycles. The fraction of sp³-hybridized carbons (Fsp3) is 0.208. The van der Waals surface area contributed by atoms with Gasteiger partial charge in [0.15, 0.2) is 11.5 Å². The second-order valence-electron chi connectivity index (χ2n) is 7.08. The number of aliphatic imine (C=N–C) groups is 1. The maximum Gasteiger partial charge on any atom is 0.162 e. The molecule has 0 unspecified atom stereocenters. The molecule has 0 saturated heterocycles. The van der Waals surface area contributed by atoms with Crippen molar-refractivity contribution in [1.82, 2.24) is 5.32 Å². The lowest BCUT2D eigenvalue weighted by molar-refractivity contribution is 0.360. The lowest BCUT2D eigenvalue weighted by Gasteiger charge is -2.31. The highest BCUT2D eigenvalue weighted by molar-refractivity contribution is 6.30. The van der Waals surface area contributed by atoms with Crippen LogP contribution in [0.2, 0.25) is 5.02 Å². The lowest BCUT2D eigenvalue weighted by Crippen LogP contribution is -2.33. The first-order valence-electron chi connectivity index (χ1n) is 9.67. The van der Waals surface area contributed by atoms with Gasteiger partial charge < -0.3 is 14.6 Å². The van der Waals surface area contributed by atoms with Gasteiger partial charge >= 0.3 is 0 Å². The molecule has 5 nitrogen and oxygen atoms in total. The minimum atomic E-state index is -0.296. The van der Waals surface area contributed by atoms with Gasteiger partial charge in [0.25, 0.3) is 0 Å². The number of halogens is 1. The van der Waals surface area contributed by atoms with Crippen molar-refractivity contribution < 1.29 is 14.6 Å². The Morgan fingerprint density at radius 2 is 1.77 bits per heavy atom. The summed E-state index contributed by atoms with van der Waals surface area (Å²) in [4.78, 5) is 4.97. The quantitative estimate of drug-likeness (QED) is 0.586. The predicted octanol–water partition coefficient (Wildman–Crippen LogP) is 5.29. The number of hydrogen-bond donors (Lipinski definition) is 2. The fourth-order valence-electron chi connectivity index (χ4n) is 3.69. The maximum absolute atomic E-state index is 10.7. The number of rotatable bonds is 5. The van der Waals surface area contributed by atoms with E-state index in [1.54, 1.807) is 20.3 Å². The Bertz CT molecular complexity index is 1070. The van der Waals surface area contributed by atoms with Gasteiger partial charge in [-0.2, -0.15) is 0 Å². The average Bonchev–Trinajstić information content (AvgIpc) is 2.79. The van der Waals surface area contributed by atoms with Crippen LogP contribution in [-0.4, -0.2) is 25.0 Å². The molecule has 0 aliphatic carbocycles. The van der Waals surface area contributed by atoms with Crippen molar-refractivity contribution in [2.75, 3.05) is 14.2 Å². The van der Waals surface area contributed by atoms with Crippen LogP contribution in [0, 0.1) is 0 Å². The zero-order chi connectivity index (χ0) is 21.1. The summed E-state index contributed by atoms with van der Waals surface area (Å²) >= 11 is 6.07. The van der Waals surface area contributed by atoms with Crippen LogP contribution < -0.4 is 14.8 Å². The average molecular weight is 423 g/mol. The van der Waals surface area contributed by atoms with E-state index in [4.69, 9.17) is 26.1 Å². The van der Waals surface area contributed by atoms with Gasteiger partial charge in [-0.3, -0.25) is 10.3 Å². The number of methoxy groups -OCH3 is 2. The Morgan fingerprint density at radius 3 is 2.50 bits per heavy atom. The summed E-state index contributed by atoms with van der Waals surface area (Å²) in [7, 11) is 3.19. The van der Waals surface area contributed by atoms with E-state index in [-0.39, 0.29) is 18.0 Å². The Labute approximate surface area is 180 Å². The van der Waals surface area contributed by atoms with Crippen LogP contribution in [0.3, 0.4) is 0 Å². The SMILES string of the molecule is COc1cccc([C@H]2N=C(c3ccc(Cl)cc3)C[C@@H](c3cccc(OC)c3O)N2)c1. The van der Waals surface area contributed by atoms with Crippen molar-refractivity contribution in [2.24, 2.45) is 4.99 Å². The molecule has 4 rings (SSSR count). The largest absolute Gasteiger partial charge is 0.504 e. The molecule has 0 spiro atoms. The number of aromatic hydroxyl groups is 1. The third-order valence-corrected chi connectivity index (χ3v) is 5.51. The molecule has 2 N–H and O–H groups in total. The Hall–Kier alpha value is -3.02. The first kappa shape index (κ1) is 20.3. The van der Waals surface area contributed by atoms with Crippen LogP contribution >= 0.6 is 11.6 Å². The topological polar surface area (TPSA) is 63.1 Å². The molecule has 3 aromatic rings. The van der Waals surface area contributed by atoms with E-state index >= 15 is 0 Å². The number of hydrogen-bond acceptors (Lipinski definition) is 5. The van der Waals surface area contributed by atoms with E-state index < -0.39 is 0 Å². The highest BCUT2D eigenvalue weighted by Gasteiger charge is 2.28. The molecule has 1 aliphatic rings. The fourth-order valence-corrected chi connectivity index (χ4v) is 3.82. The van der Waals surface area contributed by atoms with Gasteiger partial charge in [-0.25, -0.2) is 0 Å². The minimum Gasteiger partial charge on any atom is -0.504 e. The Kier molecular flexibility index (Phi) is 5.93.